The molecular formula is C43H89NO4. The van der Waals surface area contributed by atoms with Gasteiger partial charge in [-0.15, -0.1) is 0 Å². The van der Waals surface area contributed by atoms with Gasteiger partial charge in [-0.3, -0.25) is 4.79 Å². The Kier molecular flexibility index (Phi) is 45.7. The quantitative estimate of drug-likeness (QED) is 0.0367. The van der Waals surface area contributed by atoms with Crippen molar-refractivity contribution in [2.45, 2.75) is 240 Å². The van der Waals surface area contributed by atoms with E-state index in [1.54, 1.807) is 0 Å². The molecule has 0 fully saturated rings. The summed E-state index contributed by atoms with van der Waals surface area (Å²) in [4.78, 5) is 12.6. The fourth-order valence-corrected chi connectivity index (χ4v) is 6.15. The highest BCUT2D eigenvalue weighted by molar-refractivity contribution is 5.37. The molecule has 5 nitrogen and oxygen atoms in total. The third-order valence-electron chi connectivity index (χ3n) is 9.54. The molecule has 0 radical (unpaired) electrons. The van der Waals surface area contributed by atoms with Crippen LogP contribution in [0.15, 0.2) is 0 Å². The van der Waals surface area contributed by atoms with Crippen LogP contribution in [0, 0.1) is 0 Å². The van der Waals surface area contributed by atoms with Crippen LogP contribution < -0.4 is 0 Å². The summed E-state index contributed by atoms with van der Waals surface area (Å²) >= 11 is 0. The summed E-state index contributed by atoms with van der Waals surface area (Å²) in [5, 5.41) is 0. The monoisotopic (exact) mass is 684 g/mol. The van der Waals surface area contributed by atoms with E-state index in [9.17, 15) is 4.79 Å². The average Bonchev–Trinajstić information content (AvgIpc) is 3.09. The number of rotatable bonds is 39. The SMILES string of the molecule is CCCCCCC(C)OC=O.CCCCCCCCOC(CCCCCCCN(CC)CCCCCCCC)OCCCCCCCC. The lowest BCUT2D eigenvalue weighted by atomic mass is 10.1. The molecule has 0 N–H and O–H groups in total. The molecule has 0 heterocycles. The molecule has 1 atom stereocenters. The number of carbonyl (C=O) groups is 1. The molecule has 0 amide bonds. The van der Waals surface area contributed by atoms with Crippen molar-refractivity contribution in [3.05, 3.63) is 0 Å². The van der Waals surface area contributed by atoms with Crippen LogP contribution in [0.3, 0.4) is 0 Å². The summed E-state index contributed by atoms with van der Waals surface area (Å²) in [7, 11) is 0. The highest BCUT2D eigenvalue weighted by Crippen LogP contribution is 2.15. The third-order valence-corrected chi connectivity index (χ3v) is 9.54. The van der Waals surface area contributed by atoms with E-state index < -0.39 is 0 Å². The number of hydrogen-bond acceptors (Lipinski definition) is 5. The molecule has 290 valence electrons. The van der Waals surface area contributed by atoms with Crippen molar-refractivity contribution < 1.29 is 19.0 Å². The largest absolute Gasteiger partial charge is 0.465 e. The predicted molar refractivity (Wildman–Crippen MR) is 211 cm³/mol. The van der Waals surface area contributed by atoms with Crippen molar-refractivity contribution in [3.8, 4) is 0 Å². The Bertz CT molecular complexity index is 557. The molecule has 0 aliphatic heterocycles. The molecule has 5 heteroatoms. The molecule has 0 saturated heterocycles. The van der Waals surface area contributed by atoms with Crippen LogP contribution in [-0.2, 0) is 19.0 Å². The van der Waals surface area contributed by atoms with Crippen molar-refractivity contribution in [3.63, 3.8) is 0 Å². The molecular weight excluding hydrogens is 594 g/mol. The first kappa shape index (κ1) is 49.5. The zero-order chi connectivity index (χ0) is 35.6. The van der Waals surface area contributed by atoms with Gasteiger partial charge in [0.25, 0.3) is 6.47 Å². The first-order chi connectivity index (χ1) is 23.6. The van der Waals surface area contributed by atoms with E-state index in [-0.39, 0.29) is 12.4 Å². The zero-order valence-electron chi connectivity index (χ0n) is 33.9. The molecule has 0 saturated carbocycles. The molecule has 48 heavy (non-hydrogen) atoms. The Morgan fingerprint density at radius 2 is 0.812 bits per heavy atom. The Balaban J connectivity index is 0. The van der Waals surface area contributed by atoms with Crippen LogP contribution in [0.25, 0.3) is 0 Å². The van der Waals surface area contributed by atoms with Gasteiger partial charge >= 0.3 is 0 Å². The van der Waals surface area contributed by atoms with Gasteiger partial charge in [0.05, 0.1) is 6.10 Å². The normalized spacial score (nSPS) is 12.0. The lowest BCUT2D eigenvalue weighted by molar-refractivity contribution is -0.148. The fourth-order valence-electron chi connectivity index (χ4n) is 6.15. The van der Waals surface area contributed by atoms with Crippen LogP contribution in [0.4, 0.5) is 0 Å². The topological polar surface area (TPSA) is 48.0 Å². The van der Waals surface area contributed by atoms with Crippen LogP contribution in [0.5, 0.6) is 0 Å². The second kappa shape index (κ2) is 44.4. The first-order valence-corrected chi connectivity index (χ1v) is 21.6. The zero-order valence-corrected chi connectivity index (χ0v) is 33.9. The first-order valence-electron chi connectivity index (χ1n) is 21.6. The van der Waals surface area contributed by atoms with Gasteiger partial charge < -0.3 is 19.1 Å². The fraction of sp³-hybridized carbons (Fsp3) is 0.977. The van der Waals surface area contributed by atoms with Crippen LogP contribution >= 0.6 is 0 Å². The molecule has 0 aromatic heterocycles. The highest BCUT2D eigenvalue weighted by atomic mass is 16.7. The number of carbonyl (C=O) groups excluding carboxylic acids is 1. The van der Waals surface area contributed by atoms with Gasteiger partial charge in [-0.05, 0) is 77.9 Å². The Morgan fingerprint density at radius 1 is 0.458 bits per heavy atom. The van der Waals surface area contributed by atoms with E-state index in [2.05, 4.69) is 39.5 Å². The summed E-state index contributed by atoms with van der Waals surface area (Å²) in [6, 6.07) is 0. The predicted octanol–water partition coefficient (Wildman–Crippen LogP) is 13.6. The Morgan fingerprint density at radius 3 is 1.23 bits per heavy atom. The maximum atomic E-state index is 9.88. The molecule has 0 aliphatic rings. The lowest BCUT2D eigenvalue weighted by Crippen LogP contribution is -2.25. The smallest absolute Gasteiger partial charge is 0.293 e. The van der Waals surface area contributed by atoms with E-state index in [4.69, 9.17) is 14.2 Å². The Labute approximate surface area is 302 Å². The van der Waals surface area contributed by atoms with Crippen LogP contribution in [0.2, 0.25) is 0 Å². The van der Waals surface area contributed by atoms with Gasteiger partial charge in [0, 0.05) is 13.2 Å². The summed E-state index contributed by atoms with van der Waals surface area (Å²) in [5.74, 6) is 0. The maximum absolute atomic E-state index is 9.88. The van der Waals surface area contributed by atoms with Crippen molar-refractivity contribution in [2.24, 2.45) is 0 Å². The summed E-state index contributed by atoms with van der Waals surface area (Å²) in [6.45, 7) is 19.4. The number of unbranched alkanes of at least 4 members (excludes halogenated alkanes) is 22. The molecule has 0 aromatic rings. The molecule has 0 aromatic carbocycles. The molecule has 0 spiro atoms. The van der Waals surface area contributed by atoms with Gasteiger partial charge in [0.2, 0.25) is 0 Å². The molecule has 0 rings (SSSR count). The van der Waals surface area contributed by atoms with Crippen molar-refractivity contribution >= 4 is 6.47 Å². The van der Waals surface area contributed by atoms with E-state index in [1.165, 1.54) is 193 Å². The van der Waals surface area contributed by atoms with E-state index in [0.29, 0.717) is 6.47 Å². The van der Waals surface area contributed by atoms with Crippen molar-refractivity contribution in [1.82, 2.24) is 4.90 Å². The second-order valence-electron chi connectivity index (χ2n) is 14.4. The standard InChI is InChI=1S/C34H71NO2.C9H18O2/c1-5-9-12-15-20-25-30-35(8-4)31-26-21-18-19-24-29-34(36-32-27-22-16-13-10-6-2)37-33-28-23-17-14-11-7-3;1-3-4-5-6-7-9(2)11-8-10/h34H,5-33H2,1-4H3;8-9H,3-7H2,1-2H3. The molecule has 1 unspecified atom stereocenters. The van der Waals surface area contributed by atoms with Crippen LogP contribution in [-0.4, -0.2) is 56.6 Å². The Hall–Kier alpha value is -0.650. The summed E-state index contributed by atoms with van der Waals surface area (Å²) < 4.78 is 17.2. The number of ether oxygens (including phenoxy) is 3. The number of hydrogen-bond donors (Lipinski definition) is 0. The minimum Gasteiger partial charge on any atom is -0.465 e. The summed E-state index contributed by atoms with van der Waals surface area (Å²) in [5.41, 5.74) is 0. The van der Waals surface area contributed by atoms with Gasteiger partial charge in [-0.2, -0.15) is 0 Å². The van der Waals surface area contributed by atoms with Crippen molar-refractivity contribution in [2.75, 3.05) is 32.8 Å². The average molecular weight is 684 g/mol. The van der Waals surface area contributed by atoms with Crippen molar-refractivity contribution in [1.29, 1.82) is 0 Å². The van der Waals surface area contributed by atoms with E-state index in [1.807, 2.05) is 6.92 Å². The van der Waals surface area contributed by atoms with Crippen LogP contribution in [0.1, 0.15) is 228 Å². The van der Waals surface area contributed by atoms with E-state index in [0.717, 1.165) is 26.1 Å². The highest BCUT2D eigenvalue weighted by Gasteiger charge is 2.10. The van der Waals surface area contributed by atoms with E-state index >= 15 is 0 Å². The van der Waals surface area contributed by atoms with Gasteiger partial charge in [-0.1, -0.05) is 169 Å². The minimum atomic E-state index is 0.0270. The van der Waals surface area contributed by atoms with Gasteiger partial charge in [-0.25, -0.2) is 0 Å². The van der Waals surface area contributed by atoms with Gasteiger partial charge in [0.1, 0.15) is 0 Å². The molecule has 0 bridgehead atoms. The summed E-state index contributed by atoms with van der Waals surface area (Å²) in [6.07, 6.45) is 38.1. The second-order valence-corrected chi connectivity index (χ2v) is 14.4. The minimum absolute atomic E-state index is 0.0270. The third kappa shape index (κ3) is 41.5. The lowest BCUT2D eigenvalue weighted by Gasteiger charge is -2.20. The molecule has 0 aliphatic carbocycles. The maximum Gasteiger partial charge on any atom is 0.293 e. The van der Waals surface area contributed by atoms with Gasteiger partial charge in [0.15, 0.2) is 6.29 Å². The number of nitrogens with zero attached hydrogens (tertiary/aromatic N) is 1.